The summed E-state index contributed by atoms with van der Waals surface area (Å²) >= 11 is 0. The van der Waals surface area contributed by atoms with E-state index in [0.29, 0.717) is 5.70 Å². The summed E-state index contributed by atoms with van der Waals surface area (Å²) < 4.78 is 14.7. The molecule has 0 bridgehead atoms. The van der Waals surface area contributed by atoms with Crippen LogP contribution in [0, 0.1) is 0 Å². The SMILES string of the molecule is C\C=C/C(=C\C=C(/C)N(C)C)c1ccc(/C(N=C(C)C=C(C)C)=C(F)/C=C/C)cc1. The summed E-state index contributed by atoms with van der Waals surface area (Å²) in [5, 5.41) is 0. The summed E-state index contributed by atoms with van der Waals surface area (Å²) in [5.41, 5.74) is 6.30. The van der Waals surface area contributed by atoms with Crippen molar-refractivity contribution in [2.24, 2.45) is 4.99 Å². The van der Waals surface area contributed by atoms with Crippen LogP contribution in [0.4, 0.5) is 4.39 Å². The van der Waals surface area contributed by atoms with E-state index in [0.717, 1.165) is 33.7 Å². The molecule has 0 fully saturated rings. The molecule has 0 unspecified atom stereocenters. The molecule has 0 aliphatic rings. The predicted octanol–water partition coefficient (Wildman–Crippen LogP) is 7.75. The number of rotatable bonds is 8. The van der Waals surface area contributed by atoms with Gasteiger partial charge in [-0.3, -0.25) is 4.99 Å². The fourth-order valence-corrected chi connectivity index (χ4v) is 2.72. The van der Waals surface area contributed by atoms with Gasteiger partial charge in [0, 0.05) is 31.1 Å². The maximum atomic E-state index is 14.7. The second kappa shape index (κ2) is 12.6. The molecule has 0 N–H and O–H groups in total. The number of nitrogens with zero attached hydrogens (tertiary/aromatic N) is 2. The second-order valence-corrected chi connectivity index (χ2v) is 7.57. The van der Waals surface area contributed by atoms with Crippen molar-refractivity contribution in [1.29, 1.82) is 0 Å². The Morgan fingerprint density at radius 2 is 1.43 bits per heavy atom. The summed E-state index contributed by atoms with van der Waals surface area (Å²) in [5.74, 6) is -0.347. The van der Waals surface area contributed by atoms with Crippen molar-refractivity contribution in [1.82, 2.24) is 4.90 Å². The Balaban J connectivity index is 3.44. The van der Waals surface area contributed by atoms with Crippen LogP contribution in [0.2, 0.25) is 0 Å². The third-order valence-corrected chi connectivity index (χ3v) is 4.37. The molecule has 30 heavy (non-hydrogen) atoms. The van der Waals surface area contributed by atoms with E-state index >= 15 is 0 Å². The third-order valence-electron chi connectivity index (χ3n) is 4.37. The van der Waals surface area contributed by atoms with E-state index in [4.69, 9.17) is 0 Å². The summed E-state index contributed by atoms with van der Waals surface area (Å²) in [7, 11) is 4.05. The maximum absolute atomic E-state index is 14.7. The topological polar surface area (TPSA) is 15.6 Å². The van der Waals surface area contributed by atoms with E-state index in [1.165, 1.54) is 6.08 Å². The minimum Gasteiger partial charge on any atom is -0.381 e. The van der Waals surface area contributed by atoms with Gasteiger partial charge in [-0.2, -0.15) is 0 Å². The van der Waals surface area contributed by atoms with Crippen molar-refractivity contribution >= 4 is 17.0 Å². The van der Waals surface area contributed by atoms with Gasteiger partial charge < -0.3 is 4.90 Å². The summed E-state index contributed by atoms with van der Waals surface area (Å²) in [6.45, 7) is 11.8. The van der Waals surface area contributed by atoms with Gasteiger partial charge in [-0.15, -0.1) is 0 Å². The zero-order valence-corrected chi connectivity index (χ0v) is 19.6. The molecule has 0 amide bonds. The van der Waals surface area contributed by atoms with Gasteiger partial charge in [-0.05, 0) is 70.9 Å². The molecule has 1 rings (SSSR count). The van der Waals surface area contributed by atoms with E-state index in [1.807, 2.05) is 78.2 Å². The molecule has 0 saturated carbocycles. The van der Waals surface area contributed by atoms with Crippen LogP contribution in [0.25, 0.3) is 11.3 Å². The lowest BCUT2D eigenvalue weighted by Crippen LogP contribution is -2.07. The van der Waals surface area contributed by atoms with Gasteiger partial charge in [0.25, 0.3) is 0 Å². The quantitative estimate of drug-likeness (QED) is 0.318. The molecule has 0 aliphatic heterocycles. The Hall–Kier alpha value is -2.94. The number of benzene rings is 1. The third kappa shape index (κ3) is 8.20. The van der Waals surface area contributed by atoms with Gasteiger partial charge in [-0.1, -0.05) is 54.1 Å². The predicted molar refractivity (Wildman–Crippen MR) is 132 cm³/mol. The Kier molecular flexibility index (Phi) is 10.5. The Morgan fingerprint density at radius 1 is 0.867 bits per heavy atom. The maximum Gasteiger partial charge on any atom is 0.149 e. The number of allylic oxidation sites excluding steroid dienone is 11. The van der Waals surface area contributed by atoms with Crippen molar-refractivity contribution in [2.45, 2.75) is 41.5 Å². The lowest BCUT2D eigenvalue weighted by molar-refractivity contribution is 0.514. The van der Waals surface area contributed by atoms with Crippen molar-refractivity contribution in [2.75, 3.05) is 14.1 Å². The van der Waals surface area contributed by atoms with Gasteiger partial charge in [0.2, 0.25) is 0 Å². The van der Waals surface area contributed by atoms with Crippen LogP contribution < -0.4 is 0 Å². The first-order chi connectivity index (χ1) is 14.2. The number of halogens is 1. The molecule has 0 aromatic heterocycles. The first kappa shape index (κ1) is 25.1. The first-order valence-electron chi connectivity index (χ1n) is 10.2. The number of hydrogen-bond acceptors (Lipinski definition) is 2. The lowest BCUT2D eigenvalue weighted by atomic mass is 10.0. The number of aliphatic imine (C=N–C) groups is 1. The van der Waals surface area contributed by atoms with Crippen LogP contribution in [-0.4, -0.2) is 24.7 Å². The van der Waals surface area contributed by atoms with Gasteiger partial charge in [0.15, 0.2) is 0 Å². The molecule has 1 aromatic rings. The highest BCUT2D eigenvalue weighted by molar-refractivity contribution is 5.97. The molecule has 0 radical (unpaired) electrons. The zero-order chi connectivity index (χ0) is 22.7. The van der Waals surface area contributed by atoms with Crippen LogP contribution in [0.1, 0.15) is 52.7 Å². The van der Waals surface area contributed by atoms with Crippen molar-refractivity contribution in [3.63, 3.8) is 0 Å². The molecule has 3 heteroatoms. The van der Waals surface area contributed by atoms with E-state index in [9.17, 15) is 4.39 Å². The number of hydrogen-bond donors (Lipinski definition) is 0. The highest BCUT2D eigenvalue weighted by Gasteiger charge is 2.08. The van der Waals surface area contributed by atoms with E-state index in [-0.39, 0.29) is 5.83 Å². The summed E-state index contributed by atoms with van der Waals surface area (Å²) in [6.07, 6.45) is 13.4. The average molecular weight is 407 g/mol. The van der Waals surface area contributed by atoms with Crippen LogP contribution in [-0.2, 0) is 0 Å². The molecule has 0 saturated heterocycles. The molecule has 1 aromatic carbocycles. The van der Waals surface area contributed by atoms with Crippen molar-refractivity contribution in [3.8, 4) is 0 Å². The van der Waals surface area contributed by atoms with Gasteiger partial charge in [0.05, 0.1) is 0 Å². The Bertz CT molecular complexity index is 914. The summed E-state index contributed by atoms with van der Waals surface area (Å²) in [6, 6.07) is 7.86. The smallest absolute Gasteiger partial charge is 0.149 e. The monoisotopic (exact) mass is 406 g/mol. The van der Waals surface area contributed by atoms with Gasteiger partial charge >= 0.3 is 0 Å². The first-order valence-corrected chi connectivity index (χ1v) is 10.2. The van der Waals surface area contributed by atoms with Crippen LogP contribution in [0.3, 0.4) is 0 Å². The van der Waals surface area contributed by atoms with Crippen molar-refractivity contribution < 1.29 is 4.39 Å². The Labute approximate surface area is 182 Å². The molecular formula is C27H35FN2. The fourth-order valence-electron chi connectivity index (χ4n) is 2.72. The minimum atomic E-state index is -0.347. The van der Waals surface area contributed by atoms with E-state index < -0.39 is 0 Å². The van der Waals surface area contributed by atoms with Crippen molar-refractivity contribution in [3.05, 3.63) is 95.0 Å². The van der Waals surface area contributed by atoms with Gasteiger partial charge in [-0.25, -0.2) is 4.39 Å². The van der Waals surface area contributed by atoms with Crippen LogP contribution >= 0.6 is 0 Å². The van der Waals surface area contributed by atoms with Crippen LogP contribution in [0.5, 0.6) is 0 Å². The second-order valence-electron chi connectivity index (χ2n) is 7.57. The molecule has 160 valence electrons. The van der Waals surface area contributed by atoms with Gasteiger partial charge in [0.1, 0.15) is 11.5 Å². The van der Waals surface area contributed by atoms with Crippen LogP contribution in [0.15, 0.2) is 88.9 Å². The minimum absolute atomic E-state index is 0.342. The molecule has 2 nitrogen and oxygen atoms in total. The van der Waals surface area contributed by atoms with E-state index in [2.05, 4.69) is 35.0 Å². The summed E-state index contributed by atoms with van der Waals surface area (Å²) in [4.78, 5) is 6.62. The fraction of sp³-hybridized carbons (Fsp3) is 0.296. The zero-order valence-electron chi connectivity index (χ0n) is 19.6. The van der Waals surface area contributed by atoms with E-state index in [1.54, 1.807) is 13.0 Å². The molecule has 0 atom stereocenters. The Morgan fingerprint density at radius 3 is 1.93 bits per heavy atom. The largest absolute Gasteiger partial charge is 0.381 e. The molecule has 0 heterocycles. The molecule has 0 spiro atoms. The lowest BCUT2D eigenvalue weighted by Gasteiger charge is -2.12. The normalized spacial score (nSPS) is 14.4. The highest BCUT2D eigenvalue weighted by Crippen LogP contribution is 2.26. The molecular weight excluding hydrogens is 371 g/mol. The average Bonchev–Trinajstić information content (AvgIpc) is 2.68. The molecule has 0 aliphatic carbocycles. The standard InChI is InChI=1S/C27H35FN2/c1-9-11-23(14-13-22(6)30(7)8)24-15-17-25(18-16-24)27(26(28)12-10-2)29-21(5)19-20(3)4/h9-19H,1-8H3/b11-9-,12-10+,22-13+,23-14+,27-26+,29-21?. The highest BCUT2D eigenvalue weighted by atomic mass is 19.1.